The van der Waals surface area contributed by atoms with E-state index in [1.54, 1.807) is 5.06 Å². The number of halogens is 1. The second-order valence-electron chi connectivity index (χ2n) is 5.93. The molecule has 134 valence electrons. The first-order valence-electron chi connectivity index (χ1n) is 8.03. The van der Waals surface area contributed by atoms with Crippen molar-refractivity contribution >= 4 is 11.6 Å². The van der Waals surface area contributed by atoms with E-state index >= 15 is 0 Å². The predicted octanol–water partition coefficient (Wildman–Crippen LogP) is 2.44. The van der Waals surface area contributed by atoms with E-state index in [0.717, 1.165) is 5.75 Å². The van der Waals surface area contributed by atoms with E-state index in [4.69, 9.17) is 25.9 Å². The largest absolute Gasteiger partial charge is 0.475 e. The standard InChI is InChI=1S/C17H25ClN2O4/c1-12(2)19-9-14(21)10-22-17-16(18)13(3)20(24-17)11-23-15-7-5-4-6-8-15/h4-8,12-14,19,21H,9-11H2,1-3H3. The number of nitrogens with zero attached hydrogens (tertiary/aromatic N) is 1. The summed E-state index contributed by atoms with van der Waals surface area (Å²) in [6.45, 7) is 6.68. The van der Waals surface area contributed by atoms with E-state index in [2.05, 4.69) is 5.32 Å². The van der Waals surface area contributed by atoms with Gasteiger partial charge in [-0.05, 0) is 19.1 Å². The van der Waals surface area contributed by atoms with Crippen LogP contribution >= 0.6 is 11.6 Å². The van der Waals surface area contributed by atoms with Gasteiger partial charge in [-0.2, -0.15) is 0 Å². The fourth-order valence-corrected chi connectivity index (χ4v) is 2.21. The number of hydrogen-bond donors (Lipinski definition) is 2. The third-order valence-electron chi connectivity index (χ3n) is 3.46. The van der Waals surface area contributed by atoms with E-state index in [-0.39, 0.29) is 25.3 Å². The van der Waals surface area contributed by atoms with Gasteiger partial charge < -0.3 is 24.7 Å². The van der Waals surface area contributed by atoms with E-state index in [1.165, 1.54) is 0 Å². The molecule has 0 amide bonds. The van der Waals surface area contributed by atoms with E-state index in [1.807, 2.05) is 51.1 Å². The summed E-state index contributed by atoms with van der Waals surface area (Å²) in [5.74, 6) is 0.957. The Hall–Kier alpha value is -1.47. The Morgan fingerprint density at radius 2 is 2.00 bits per heavy atom. The first-order chi connectivity index (χ1) is 11.5. The lowest BCUT2D eigenvalue weighted by Crippen LogP contribution is -2.34. The first-order valence-corrected chi connectivity index (χ1v) is 8.41. The summed E-state index contributed by atoms with van der Waals surface area (Å²) in [7, 11) is 0. The quantitative estimate of drug-likeness (QED) is 0.708. The van der Waals surface area contributed by atoms with Gasteiger partial charge in [-0.15, -0.1) is 0 Å². The molecule has 0 saturated heterocycles. The SMILES string of the molecule is CC(C)NCC(O)COC1=C(Cl)C(C)N(COc2ccccc2)O1. The van der Waals surface area contributed by atoms with Crippen LogP contribution in [0, 0.1) is 0 Å². The molecule has 0 spiro atoms. The number of ether oxygens (including phenoxy) is 2. The van der Waals surface area contributed by atoms with E-state index in [9.17, 15) is 5.11 Å². The van der Waals surface area contributed by atoms with Crippen LogP contribution in [0.15, 0.2) is 41.3 Å². The zero-order valence-corrected chi connectivity index (χ0v) is 15.0. The summed E-state index contributed by atoms with van der Waals surface area (Å²) in [5.41, 5.74) is 0. The molecule has 1 heterocycles. The minimum absolute atomic E-state index is 0.103. The Morgan fingerprint density at radius 3 is 2.67 bits per heavy atom. The van der Waals surface area contributed by atoms with Crippen molar-refractivity contribution in [2.45, 2.75) is 39.0 Å². The second kappa shape index (κ2) is 9.13. The second-order valence-corrected chi connectivity index (χ2v) is 6.34. The van der Waals surface area contributed by atoms with Crippen molar-refractivity contribution in [1.29, 1.82) is 0 Å². The molecule has 1 aromatic rings. The molecule has 0 bridgehead atoms. The van der Waals surface area contributed by atoms with Gasteiger partial charge in [0.05, 0.1) is 6.04 Å². The monoisotopic (exact) mass is 356 g/mol. The number of aliphatic hydroxyl groups is 1. The molecule has 1 aliphatic rings. The molecule has 0 aliphatic carbocycles. The molecule has 2 N–H and O–H groups in total. The van der Waals surface area contributed by atoms with Crippen LogP contribution in [0.3, 0.4) is 0 Å². The van der Waals surface area contributed by atoms with Crippen LogP contribution in [0.2, 0.25) is 0 Å². The summed E-state index contributed by atoms with van der Waals surface area (Å²) >= 11 is 6.25. The number of nitrogens with one attached hydrogen (secondary N) is 1. The number of benzene rings is 1. The molecule has 1 aliphatic heterocycles. The van der Waals surface area contributed by atoms with Crippen LogP contribution in [0.25, 0.3) is 0 Å². The van der Waals surface area contributed by atoms with Crippen molar-refractivity contribution in [3.05, 3.63) is 41.3 Å². The number of hydrogen-bond acceptors (Lipinski definition) is 6. The van der Waals surface area contributed by atoms with Gasteiger partial charge in [0.2, 0.25) is 0 Å². The third kappa shape index (κ3) is 5.56. The number of rotatable bonds is 9. The van der Waals surface area contributed by atoms with Crippen LogP contribution in [-0.4, -0.2) is 48.2 Å². The Labute approximate surface area is 147 Å². The Morgan fingerprint density at radius 1 is 1.29 bits per heavy atom. The average molecular weight is 357 g/mol. The molecule has 2 rings (SSSR count). The Kier molecular flexibility index (Phi) is 7.17. The van der Waals surface area contributed by atoms with E-state index in [0.29, 0.717) is 17.6 Å². The molecule has 1 aromatic carbocycles. The molecule has 2 atom stereocenters. The molecular formula is C17H25ClN2O4. The van der Waals surface area contributed by atoms with Crippen molar-refractivity contribution in [1.82, 2.24) is 10.4 Å². The minimum Gasteiger partial charge on any atom is -0.475 e. The molecule has 0 radical (unpaired) electrons. The van der Waals surface area contributed by atoms with Crippen molar-refractivity contribution in [2.24, 2.45) is 0 Å². The fourth-order valence-electron chi connectivity index (χ4n) is 2.02. The highest BCUT2D eigenvalue weighted by Crippen LogP contribution is 2.29. The molecule has 2 unspecified atom stereocenters. The van der Waals surface area contributed by atoms with Gasteiger partial charge >= 0.3 is 5.95 Å². The van der Waals surface area contributed by atoms with Crippen molar-refractivity contribution in [3.63, 3.8) is 0 Å². The van der Waals surface area contributed by atoms with Gasteiger partial charge in [-0.1, -0.05) is 48.7 Å². The van der Waals surface area contributed by atoms with Crippen molar-refractivity contribution < 1.29 is 19.4 Å². The maximum Gasteiger partial charge on any atom is 0.316 e. The van der Waals surface area contributed by atoms with Crippen LogP contribution in [0.4, 0.5) is 0 Å². The third-order valence-corrected chi connectivity index (χ3v) is 3.93. The molecule has 0 saturated carbocycles. The maximum absolute atomic E-state index is 9.88. The lowest BCUT2D eigenvalue weighted by atomic mass is 10.3. The van der Waals surface area contributed by atoms with Gasteiger partial charge in [0.15, 0.2) is 6.73 Å². The van der Waals surface area contributed by atoms with Gasteiger partial charge in [-0.3, -0.25) is 0 Å². The maximum atomic E-state index is 9.88. The van der Waals surface area contributed by atoms with E-state index < -0.39 is 6.10 Å². The molecule has 0 aromatic heterocycles. The van der Waals surface area contributed by atoms with Crippen LogP contribution < -0.4 is 10.1 Å². The number of para-hydroxylation sites is 1. The highest BCUT2D eigenvalue weighted by molar-refractivity contribution is 6.30. The van der Waals surface area contributed by atoms with Crippen LogP contribution in [0.5, 0.6) is 5.75 Å². The topological polar surface area (TPSA) is 63.2 Å². The summed E-state index contributed by atoms with van der Waals surface area (Å²) in [5, 5.41) is 15.1. The lowest BCUT2D eigenvalue weighted by molar-refractivity contribution is -0.189. The smallest absolute Gasteiger partial charge is 0.316 e. The molecule has 7 heteroatoms. The zero-order chi connectivity index (χ0) is 17.5. The van der Waals surface area contributed by atoms with Crippen LogP contribution in [0.1, 0.15) is 20.8 Å². The van der Waals surface area contributed by atoms with Crippen LogP contribution in [-0.2, 0) is 9.57 Å². The van der Waals surface area contributed by atoms with Crippen molar-refractivity contribution in [2.75, 3.05) is 19.9 Å². The normalized spacial score (nSPS) is 19.5. The minimum atomic E-state index is -0.641. The molecule has 0 fully saturated rings. The molecular weight excluding hydrogens is 332 g/mol. The lowest BCUT2D eigenvalue weighted by Gasteiger charge is -2.20. The Bertz CT molecular complexity index is 539. The van der Waals surface area contributed by atoms with Gasteiger partial charge in [0.1, 0.15) is 23.5 Å². The van der Waals surface area contributed by atoms with Crippen molar-refractivity contribution in [3.8, 4) is 5.75 Å². The van der Waals surface area contributed by atoms with Gasteiger partial charge in [0, 0.05) is 12.6 Å². The van der Waals surface area contributed by atoms with Gasteiger partial charge in [-0.25, -0.2) is 0 Å². The average Bonchev–Trinajstić information content (AvgIpc) is 2.85. The zero-order valence-electron chi connectivity index (χ0n) is 14.2. The number of aliphatic hydroxyl groups excluding tert-OH is 1. The molecule has 6 nitrogen and oxygen atoms in total. The summed E-state index contributed by atoms with van der Waals surface area (Å²) < 4.78 is 11.1. The molecule has 24 heavy (non-hydrogen) atoms. The van der Waals surface area contributed by atoms with Gasteiger partial charge in [0.25, 0.3) is 0 Å². The summed E-state index contributed by atoms with van der Waals surface area (Å²) in [6, 6.07) is 9.57. The first kappa shape index (κ1) is 18.9. The summed E-state index contributed by atoms with van der Waals surface area (Å²) in [6.07, 6.45) is -0.641. The highest BCUT2D eigenvalue weighted by Gasteiger charge is 2.33. The number of hydroxylamine groups is 2. The highest BCUT2D eigenvalue weighted by atomic mass is 35.5. The summed E-state index contributed by atoms with van der Waals surface area (Å²) in [4.78, 5) is 5.59. The fraction of sp³-hybridized carbons (Fsp3) is 0.529. The predicted molar refractivity (Wildman–Crippen MR) is 92.3 cm³/mol. The Balaban J connectivity index is 1.78.